The van der Waals surface area contributed by atoms with E-state index >= 15 is 0 Å². The number of rotatable bonds is 12. The first-order valence-electron chi connectivity index (χ1n) is 15.8. The summed E-state index contributed by atoms with van der Waals surface area (Å²) in [7, 11) is 0. The third-order valence-corrected chi connectivity index (χ3v) is 8.67. The molecule has 4 amide bonds. The fourth-order valence-corrected chi connectivity index (χ4v) is 6.16. The Balaban J connectivity index is 1.33. The number of fused-ring (bicyclic) bond motifs is 1. The maximum Gasteiger partial charge on any atom is 0.289 e. The predicted molar refractivity (Wildman–Crippen MR) is 168 cm³/mol. The number of nitrogens with zero attached hydrogens (tertiary/aromatic N) is 2. The van der Waals surface area contributed by atoms with Crippen molar-refractivity contribution in [1.82, 2.24) is 31.2 Å². The van der Waals surface area contributed by atoms with Gasteiger partial charge in [-0.2, -0.15) is 0 Å². The van der Waals surface area contributed by atoms with E-state index in [-0.39, 0.29) is 30.5 Å². The highest BCUT2D eigenvalue weighted by molar-refractivity contribution is 6.38. The highest BCUT2D eigenvalue weighted by atomic mass is 16.2. The van der Waals surface area contributed by atoms with Crippen molar-refractivity contribution in [3.8, 4) is 0 Å². The average molecular weight is 613 g/mol. The Morgan fingerprint density at radius 1 is 0.822 bits per heavy atom. The van der Waals surface area contributed by atoms with Crippen molar-refractivity contribution in [3.05, 3.63) is 72.1 Å². The summed E-state index contributed by atoms with van der Waals surface area (Å²) in [4.78, 5) is 75.1. The summed E-state index contributed by atoms with van der Waals surface area (Å²) in [5, 5.41) is 11.0. The van der Waals surface area contributed by atoms with Crippen molar-refractivity contribution in [1.29, 1.82) is 0 Å². The first kappa shape index (κ1) is 31.7. The number of Topliss-reactive ketones (excluding diaryl/α,β-unsaturated/α-hetero) is 1. The molecule has 1 aliphatic heterocycles. The number of benzene rings is 2. The molecule has 1 aliphatic carbocycles. The van der Waals surface area contributed by atoms with Crippen molar-refractivity contribution >= 4 is 40.4 Å². The summed E-state index contributed by atoms with van der Waals surface area (Å²) in [6.07, 6.45) is 8.09. The van der Waals surface area contributed by atoms with Gasteiger partial charge in [0.1, 0.15) is 11.7 Å². The summed E-state index contributed by atoms with van der Waals surface area (Å²) in [5.74, 6) is -3.34. The number of amides is 4. The molecule has 3 aromatic rings. The van der Waals surface area contributed by atoms with Crippen LogP contribution in [0.15, 0.2) is 60.8 Å². The zero-order valence-corrected chi connectivity index (χ0v) is 25.3. The van der Waals surface area contributed by atoms with Gasteiger partial charge in [0.2, 0.25) is 17.6 Å². The van der Waals surface area contributed by atoms with Crippen LogP contribution >= 0.6 is 0 Å². The zero-order valence-electron chi connectivity index (χ0n) is 25.3. The number of para-hydroxylation sites is 2. The number of hydrogen-bond donors (Lipinski definition) is 4. The molecule has 1 saturated heterocycles. The van der Waals surface area contributed by atoms with Crippen molar-refractivity contribution in [2.75, 3.05) is 6.54 Å². The van der Waals surface area contributed by atoms with Gasteiger partial charge in [0.05, 0.1) is 23.3 Å². The predicted octanol–water partition coefficient (Wildman–Crippen LogP) is 2.99. The van der Waals surface area contributed by atoms with E-state index < -0.39 is 41.5 Å². The van der Waals surface area contributed by atoms with E-state index in [1.807, 2.05) is 36.4 Å². The molecule has 11 heteroatoms. The molecule has 3 atom stereocenters. The minimum absolute atomic E-state index is 0.0184. The molecule has 11 nitrogen and oxygen atoms in total. The Hall–Kier alpha value is -4.67. The van der Waals surface area contributed by atoms with E-state index in [0.717, 1.165) is 44.1 Å². The number of piperidine rings is 1. The van der Waals surface area contributed by atoms with E-state index in [2.05, 4.69) is 31.2 Å². The van der Waals surface area contributed by atoms with Gasteiger partial charge in [-0.25, -0.2) is 4.98 Å². The first-order valence-corrected chi connectivity index (χ1v) is 15.8. The van der Waals surface area contributed by atoms with Crippen LogP contribution in [0.5, 0.6) is 0 Å². The summed E-state index contributed by atoms with van der Waals surface area (Å²) >= 11 is 0. The number of hydrogen-bond acceptors (Lipinski definition) is 7. The third kappa shape index (κ3) is 8.71. The van der Waals surface area contributed by atoms with Gasteiger partial charge in [-0.3, -0.25) is 29.0 Å². The standard InChI is InChI=1S/C34H40N6O5/c41-30(34(45)37-20-23-12-5-2-6-13-23)27(19-24-14-9-17-35-31(24)42)39-32(43)28(18-22-10-3-1-4-11-22)40-33(44)29-21-36-25-15-7-8-16-26(25)38-29/h2,5-8,12-13,15-16,21-22,24,27-28H,1,3-4,9-11,14,17-20H2,(H,35,42)(H,37,45)(H,39,43)(H,40,44)/t24-,27?,28-/m0/s1. The van der Waals surface area contributed by atoms with E-state index in [0.29, 0.717) is 30.4 Å². The van der Waals surface area contributed by atoms with Crippen molar-refractivity contribution in [2.45, 2.75) is 76.4 Å². The molecule has 1 aromatic heterocycles. The maximum atomic E-state index is 13.9. The fourth-order valence-electron chi connectivity index (χ4n) is 6.16. The Morgan fingerprint density at radius 2 is 1.56 bits per heavy atom. The number of ketones is 1. The summed E-state index contributed by atoms with van der Waals surface area (Å²) in [6, 6.07) is 14.1. The Labute approximate surface area is 262 Å². The van der Waals surface area contributed by atoms with E-state index in [9.17, 15) is 24.0 Å². The lowest BCUT2D eigenvalue weighted by Crippen LogP contribution is -2.55. The Kier molecular flexibility index (Phi) is 10.8. The molecule has 4 N–H and O–H groups in total. The summed E-state index contributed by atoms with van der Waals surface area (Å²) < 4.78 is 0. The molecule has 0 radical (unpaired) electrons. The van der Waals surface area contributed by atoms with Crippen LogP contribution in [0.4, 0.5) is 0 Å². The Morgan fingerprint density at radius 3 is 2.31 bits per heavy atom. The highest BCUT2D eigenvalue weighted by Crippen LogP contribution is 2.28. The average Bonchev–Trinajstić information content (AvgIpc) is 3.07. The molecular weight excluding hydrogens is 572 g/mol. The van der Waals surface area contributed by atoms with Crippen molar-refractivity contribution in [3.63, 3.8) is 0 Å². The molecular formula is C34H40N6O5. The van der Waals surface area contributed by atoms with E-state index in [1.54, 1.807) is 18.2 Å². The van der Waals surface area contributed by atoms with Gasteiger partial charge in [0.15, 0.2) is 0 Å². The first-order chi connectivity index (χ1) is 21.9. The highest BCUT2D eigenvalue weighted by Gasteiger charge is 2.35. The molecule has 1 unspecified atom stereocenters. The molecule has 5 rings (SSSR count). The van der Waals surface area contributed by atoms with Crippen LogP contribution in [0, 0.1) is 11.8 Å². The van der Waals surface area contributed by atoms with E-state index in [4.69, 9.17) is 0 Å². The van der Waals surface area contributed by atoms with Gasteiger partial charge in [-0.05, 0) is 49.3 Å². The lowest BCUT2D eigenvalue weighted by molar-refractivity contribution is -0.141. The normalized spacial score (nSPS) is 18.3. The van der Waals surface area contributed by atoms with Crippen LogP contribution < -0.4 is 21.3 Å². The topological polar surface area (TPSA) is 159 Å². The minimum Gasteiger partial charge on any atom is -0.356 e. The summed E-state index contributed by atoms with van der Waals surface area (Å²) in [6.45, 7) is 0.689. The number of carbonyl (C=O) groups excluding carboxylic acids is 5. The molecule has 2 aromatic carbocycles. The second-order valence-corrected chi connectivity index (χ2v) is 12.0. The molecule has 2 heterocycles. The van der Waals surface area contributed by atoms with Gasteiger partial charge >= 0.3 is 0 Å². The third-order valence-electron chi connectivity index (χ3n) is 8.67. The number of carbonyl (C=O) groups is 5. The van der Waals surface area contributed by atoms with Gasteiger partial charge < -0.3 is 21.3 Å². The lowest BCUT2D eigenvalue weighted by Gasteiger charge is -2.29. The maximum absolute atomic E-state index is 13.9. The second-order valence-electron chi connectivity index (χ2n) is 12.0. The molecule has 2 fully saturated rings. The molecule has 0 spiro atoms. The largest absolute Gasteiger partial charge is 0.356 e. The van der Waals surface area contributed by atoms with Crippen LogP contribution in [0.1, 0.15) is 73.8 Å². The monoisotopic (exact) mass is 612 g/mol. The van der Waals surface area contributed by atoms with Gasteiger partial charge in [0, 0.05) is 19.0 Å². The number of nitrogens with one attached hydrogen (secondary N) is 4. The summed E-state index contributed by atoms with van der Waals surface area (Å²) in [5.41, 5.74) is 2.08. The molecule has 2 aliphatic rings. The molecule has 45 heavy (non-hydrogen) atoms. The zero-order chi connectivity index (χ0) is 31.6. The van der Waals surface area contributed by atoms with Crippen molar-refractivity contribution in [2.24, 2.45) is 11.8 Å². The SMILES string of the molecule is O=C(NCc1ccccc1)C(=O)C(C[C@@H]1CCCNC1=O)NC(=O)[C@H](CC1CCCCC1)NC(=O)c1cnc2ccccc2n1. The van der Waals surface area contributed by atoms with Gasteiger partial charge in [-0.15, -0.1) is 0 Å². The van der Waals surface area contributed by atoms with Gasteiger partial charge in [-0.1, -0.05) is 74.6 Å². The van der Waals surface area contributed by atoms with Crippen LogP contribution in [-0.4, -0.2) is 58.0 Å². The van der Waals surface area contributed by atoms with Gasteiger partial charge in [0.25, 0.3) is 11.8 Å². The lowest BCUT2D eigenvalue weighted by atomic mass is 9.84. The molecule has 236 valence electrons. The van der Waals surface area contributed by atoms with Crippen LogP contribution in [-0.2, 0) is 25.7 Å². The van der Waals surface area contributed by atoms with Crippen LogP contribution in [0.2, 0.25) is 0 Å². The molecule has 0 bridgehead atoms. The second kappa shape index (κ2) is 15.4. The number of aromatic nitrogens is 2. The smallest absolute Gasteiger partial charge is 0.289 e. The quantitative estimate of drug-likeness (QED) is 0.229. The minimum atomic E-state index is -1.24. The molecule has 1 saturated carbocycles. The van der Waals surface area contributed by atoms with Crippen molar-refractivity contribution < 1.29 is 24.0 Å². The Bertz CT molecular complexity index is 1520. The fraction of sp³-hybridized carbons (Fsp3) is 0.441. The van der Waals surface area contributed by atoms with Crippen LogP contribution in [0.25, 0.3) is 11.0 Å². The van der Waals surface area contributed by atoms with Crippen LogP contribution in [0.3, 0.4) is 0 Å². The van der Waals surface area contributed by atoms with E-state index in [1.165, 1.54) is 6.20 Å².